The Kier molecular flexibility index (Phi) is 3.12. The lowest BCUT2D eigenvalue weighted by Gasteiger charge is -2.09. The highest BCUT2D eigenvalue weighted by atomic mass is 79.9. The summed E-state index contributed by atoms with van der Waals surface area (Å²) in [5.74, 6) is 1.48. The molecule has 0 radical (unpaired) electrons. The number of para-hydroxylation sites is 1. The molecule has 98 valence electrons. The van der Waals surface area contributed by atoms with Crippen molar-refractivity contribution in [1.29, 1.82) is 0 Å². The first-order valence-electron chi connectivity index (χ1n) is 5.60. The van der Waals surface area contributed by atoms with Crippen LogP contribution in [0.5, 0.6) is 11.5 Å². The Hall–Kier alpha value is -2.02. The van der Waals surface area contributed by atoms with Gasteiger partial charge in [0.25, 0.3) is 5.56 Å². The number of hydrogen-bond donors (Lipinski definition) is 2. The summed E-state index contributed by atoms with van der Waals surface area (Å²) in [6, 6.07) is 5.70. The van der Waals surface area contributed by atoms with Crippen molar-refractivity contribution in [1.82, 2.24) is 10.2 Å². The zero-order chi connectivity index (χ0) is 13.2. The maximum absolute atomic E-state index is 11.4. The van der Waals surface area contributed by atoms with Crippen LogP contribution in [0.25, 0.3) is 0 Å². The third kappa shape index (κ3) is 2.28. The van der Waals surface area contributed by atoms with E-state index in [4.69, 9.17) is 9.47 Å². The monoisotopic (exact) mass is 323 g/mol. The minimum atomic E-state index is -0.275. The number of nitrogens with one attached hydrogen (secondary N) is 2. The molecule has 0 saturated heterocycles. The zero-order valence-electron chi connectivity index (χ0n) is 9.77. The smallest absolute Gasteiger partial charge is 0.280 e. The largest absolute Gasteiger partial charge is 0.454 e. The molecule has 0 saturated carbocycles. The van der Waals surface area contributed by atoms with Crippen LogP contribution in [0, 0.1) is 0 Å². The number of halogens is 1. The predicted molar refractivity (Wildman–Crippen MR) is 72.4 cm³/mol. The average Bonchev–Trinajstić information content (AvgIpc) is 2.89. The number of nitrogens with zero attached hydrogens (tertiary/aromatic N) is 1. The fraction of sp³-hybridized carbons (Fsp3) is 0.167. The van der Waals surface area contributed by atoms with Gasteiger partial charge in [-0.2, -0.15) is 5.10 Å². The molecular formula is C12H10BrN3O3. The standard InChI is InChI=1S/C12H10BrN3O3/c13-10-8(5-15-16-12(10)17)14-4-7-2-1-3-9-11(7)19-6-18-9/h1-3,5H,4,6H2,(H2,14,16,17). The maximum Gasteiger partial charge on any atom is 0.280 e. The van der Waals surface area contributed by atoms with Gasteiger partial charge in [-0.05, 0) is 22.0 Å². The van der Waals surface area contributed by atoms with E-state index in [-0.39, 0.29) is 12.4 Å². The molecule has 1 aliphatic heterocycles. The number of rotatable bonds is 3. The van der Waals surface area contributed by atoms with Crippen molar-refractivity contribution in [2.45, 2.75) is 6.54 Å². The maximum atomic E-state index is 11.4. The SMILES string of the molecule is O=c1[nH]ncc(NCc2cccc3c2OCO3)c1Br. The lowest BCUT2D eigenvalue weighted by atomic mass is 10.2. The fourth-order valence-electron chi connectivity index (χ4n) is 1.83. The second-order valence-electron chi connectivity index (χ2n) is 3.93. The molecule has 2 aromatic rings. The number of fused-ring (bicyclic) bond motifs is 1. The topological polar surface area (TPSA) is 76.2 Å². The van der Waals surface area contributed by atoms with Crippen LogP contribution in [0.2, 0.25) is 0 Å². The van der Waals surface area contributed by atoms with Crippen LogP contribution in [0.4, 0.5) is 5.69 Å². The molecule has 0 atom stereocenters. The van der Waals surface area contributed by atoms with E-state index in [0.29, 0.717) is 16.7 Å². The van der Waals surface area contributed by atoms with Gasteiger partial charge in [0.1, 0.15) is 4.47 Å². The third-order valence-corrected chi connectivity index (χ3v) is 3.53. The van der Waals surface area contributed by atoms with E-state index in [1.165, 1.54) is 0 Å². The first kappa shape index (κ1) is 12.0. The van der Waals surface area contributed by atoms with Crippen LogP contribution >= 0.6 is 15.9 Å². The third-order valence-electron chi connectivity index (χ3n) is 2.74. The molecule has 0 amide bonds. The molecular weight excluding hydrogens is 314 g/mol. The molecule has 0 spiro atoms. The summed E-state index contributed by atoms with van der Waals surface area (Å²) in [5.41, 5.74) is 1.31. The number of aromatic amines is 1. The van der Waals surface area contributed by atoms with Crippen molar-refractivity contribution in [3.05, 3.63) is 44.8 Å². The highest BCUT2D eigenvalue weighted by molar-refractivity contribution is 9.10. The van der Waals surface area contributed by atoms with Gasteiger partial charge in [0.05, 0.1) is 11.9 Å². The second-order valence-corrected chi connectivity index (χ2v) is 4.72. The van der Waals surface area contributed by atoms with Gasteiger partial charge in [0.15, 0.2) is 11.5 Å². The molecule has 19 heavy (non-hydrogen) atoms. The minimum Gasteiger partial charge on any atom is -0.454 e. The van der Waals surface area contributed by atoms with Crippen molar-refractivity contribution in [2.75, 3.05) is 12.1 Å². The van der Waals surface area contributed by atoms with Gasteiger partial charge in [-0.3, -0.25) is 4.79 Å². The number of H-pyrrole nitrogens is 1. The number of aromatic nitrogens is 2. The van der Waals surface area contributed by atoms with Crippen molar-refractivity contribution < 1.29 is 9.47 Å². The van der Waals surface area contributed by atoms with E-state index in [1.54, 1.807) is 6.20 Å². The summed E-state index contributed by atoms with van der Waals surface area (Å²) < 4.78 is 11.1. The lowest BCUT2D eigenvalue weighted by molar-refractivity contribution is 0.173. The van der Waals surface area contributed by atoms with Gasteiger partial charge >= 0.3 is 0 Å². The Bertz CT molecular complexity index is 672. The first-order chi connectivity index (χ1) is 9.25. The number of benzene rings is 1. The lowest BCUT2D eigenvalue weighted by Crippen LogP contribution is -2.12. The average molecular weight is 324 g/mol. The highest BCUT2D eigenvalue weighted by Gasteiger charge is 2.17. The molecule has 0 fully saturated rings. The Balaban J connectivity index is 1.82. The van der Waals surface area contributed by atoms with Crippen molar-refractivity contribution in [2.24, 2.45) is 0 Å². The van der Waals surface area contributed by atoms with Crippen molar-refractivity contribution in [3.63, 3.8) is 0 Å². The zero-order valence-corrected chi connectivity index (χ0v) is 11.4. The first-order valence-corrected chi connectivity index (χ1v) is 6.39. The molecule has 6 nitrogen and oxygen atoms in total. The number of ether oxygens (including phenoxy) is 2. The molecule has 0 bridgehead atoms. The Morgan fingerprint density at radius 2 is 2.32 bits per heavy atom. The molecule has 1 aromatic heterocycles. The molecule has 2 N–H and O–H groups in total. The van der Waals surface area contributed by atoms with Crippen LogP contribution in [-0.2, 0) is 6.54 Å². The summed E-state index contributed by atoms with van der Waals surface area (Å²) in [6.07, 6.45) is 1.55. The number of anilines is 1. The van der Waals surface area contributed by atoms with E-state index < -0.39 is 0 Å². The Morgan fingerprint density at radius 3 is 3.21 bits per heavy atom. The molecule has 7 heteroatoms. The van der Waals surface area contributed by atoms with Crippen molar-refractivity contribution in [3.8, 4) is 11.5 Å². The van der Waals surface area contributed by atoms with Gasteiger partial charge < -0.3 is 14.8 Å². The summed E-state index contributed by atoms with van der Waals surface area (Å²) >= 11 is 3.21. The Labute approximate surface area is 116 Å². The van der Waals surface area contributed by atoms with Gasteiger partial charge in [0, 0.05) is 12.1 Å². The van der Waals surface area contributed by atoms with Crippen LogP contribution < -0.4 is 20.3 Å². The van der Waals surface area contributed by atoms with Crippen LogP contribution in [0.15, 0.2) is 33.7 Å². The molecule has 2 heterocycles. The van der Waals surface area contributed by atoms with E-state index in [0.717, 1.165) is 17.1 Å². The molecule has 0 unspecified atom stereocenters. The summed E-state index contributed by atoms with van der Waals surface area (Å²) in [5, 5.41) is 9.22. The molecule has 3 rings (SSSR count). The van der Waals surface area contributed by atoms with Gasteiger partial charge in [-0.1, -0.05) is 12.1 Å². The van der Waals surface area contributed by atoms with Gasteiger partial charge in [-0.15, -0.1) is 0 Å². The van der Waals surface area contributed by atoms with Crippen LogP contribution in [-0.4, -0.2) is 17.0 Å². The summed E-state index contributed by atoms with van der Waals surface area (Å²) in [4.78, 5) is 11.4. The van der Waals surface area contributed by atoms with Crippen LogP contribution in [0.1, 0.15) is 5.56 Å². The van der Waals surface area contributed by atoms with E-state index in [1.807, 2.05) is 18.2 Å². The van der Waals surface area contributed by atoms with Crippen LogP contribution in [0.3, 0.4) is 0 Å². The quantitative estimate of drug-likeness (QED) is 0.901. The fourth-order valence-corrected chi connectivity index (χ4v) is 2.16. The molecule has 1 aromatic carbocycles. The predicted octanol–water partition coefficient (Wildman–Crippen LogP) is 1.87. The highest BCUT2D eigenvalue weighted by Crippen LogP contribution is 2.35. The summed E-state index contributed by atoms with van der Waals surface area (Å²) in [7, 11) is 0. The Morgan fingerprint density at radius 1 is 1.42 bits per heavy atom. The van der Waals surface area contributed by atoms with Gasteiger partial charge in [0.2, 0.25) is 6.79 Å². The van der Waals surface area contributed by atoms with E-state index >= 15 is 0 Å². The van der Waals surface area contributed by atoms with E-state index in [9.17, 15) is 4.79 Å². The normalized spacial score (nSPS) is 12.5. The molecule has 0 aliphatic carbocycles. The van der Waals surface area contributed by atoms with Gasteiger partial charge in [-0.25, -0.2) is 5.10 Å². The minimum absolute atomic E-state index is 0.239. The van der Waals surface area contributed by atoms with E-state index in [2.05, 4.69) is 31.4 Å². The second kappa shape index (κ2) is 4.93. The molecule has 1 aliphatic rings. The van der Waals surface area contributed by atoms with Crippen molar-refractivity contribution >= 4 is 21.6 Å². The number of hydrogen-bond acceptors (Lipinski definition) is 5. The summed E-state index contributed by atoms with van der Waals surface area (Å²) in [6.45, 7) is 0.749.